The van der Waals surface area contributed by atoms with E-state index in [1.54, 1.807) is 0 Å². The molecule has 1 fully saturated rings. The molecule has 128 valence electrons. The summed E-state index contributed by atoms with van der Waals surface area (Å²) < 4.78 is 0. The Morgan fingerprint density at radius 2 is 1.96 bits per heavy atom. The van der Waals surface area contributed by atoms with Crippen LogP contribution in [0.5, 0.6) is 0 Å². The monoisotopic (exact) mass is 317 g/mol. The van der Waals surface area contributed by atoms with E-state index in [4.69, 9.17) is 0 Å². The van der Waals surface area contributed by atoms with Gasteiger partial charge in [0.1, 0.15) is 0 Å². The van der Waals surface area contributed by atoms with Crippen molar-refractivity contribution < 1.29 is 4.79 Å². The Hall–Kier alpha value is -1.39. The minimum atomic E-state index is -0.0195. The van der Waals surface area contributed by atoms with Gasteiger partial charge in [-0.3, -0.25) is 9.69 Å². The molecule has 0 aliphatic carbocycles. The Morgan fingerprint density at radius 3 is 2.57 bits per heavy atom. The van der Waals surface area contributed by atoms with E-state index in [0.717, 1.165) is 25.6 Å². The van der Waals surface area contributed by atoms with Crippen LogP contribution in [0.2, 0.25) is 0 Å². The number of likely N-dealkylation sites (N-methyl/N-ethyl adjacent to an activating group) is 1. The smallest absolute Gasteiger partial charge is 0.239 e. The van der Waals surface area contributed by atoms with Crippen molar-refractivity contribution in [3.05, 3.63) is 35.9 Å². The second kappa shape index (κ2) is 9.04. The van der Waals surface area contributed by atoms with Crippen LogP contribution in [0.1, 0.15) is 31.7 Å². The molecule has 1 saturated heterocycles. The van der Waals surface area contributed by atoms with E-state index in [2.05, 4.69) is 29.3 Å². The molecule has 1 unspecified atom stereocenters. The van der Waals surface area contributed by atoms with Crippen LogP contribution in [0.25, 0.3) is 0 Å². The minimum absolute atomic E-state index is 0.0195. The summed E-state index contributed by atoms with van der Waals surface area (Å²) in [6, 6.07) is 10.2. The highest BCUT2D eigenvalue weighted by molar-refractivity contribution is 5.81. The summed E-state index contributed by atoms with van der Waals surface area (Å²) in [5.41, 5.74) is 1.18. The van der Waals surface area contributed by atoms with Crippen LogP contribution in [0.3, 0.4) is 0 Å². The number of amides is 1. The van der Waals surface area contributed by atoms with Gasteiger partial charge >= 0.3 is 0 Å². The quantitative estimate of drug-likeness (QED) is 0.838. The molecule has 0 radical (unpaired) electrons. The fraction of sp³-hybridized carbons (Fsp3) is 0.632. The molecule has 1 aromatic carbocycles. The molecule has 1 aromatic rings. The number of rotatable bonds is 7. The van der Waals surface area contributed by atoms with E-state index in [-0.39, 0.29) is 11.9 Å². The first-order chi connectivity index (χ1) is 11.1. The first-order valence-corrected chi connectivity index (χ1v) is 8.79. The summed E-state index contributed by atoms with van der Waals surface area (Å²) >= 11 is 0. The number of benzene rings is 1. The predicted octanol–water partition coefficient (Wildman–Crippen LogP) is 2.35. The predicted molar refractivity (Wildman–Crippen MR) is 95.2 cm³/mol. The molecule has 4 heteroatoms. The van der Waals surface area contributed by atoms with Crippen LogP contribution < -0.4 is 5.32 Å². The van der Waals surface area contributed by atoms with Crippen molar-refractivity contribution in [1.82, 2.24) is 15.1 Å². The van der Waals surface area contributed by atoms with Gasteiger partial charge in [-0.2, -0.15) is 0 Å². The van der Waals surface area contributed by atoms with Crippen molar-refractivity contribution in [2.45, 2.75) is 38.8 Å². The number of nitrogens with zero attached hydrogens (tertiary/aromatic N) is 2. The molecule has 0 bridgehead atoms. The van der Waals surface area contributed by atoms with Crippen LogP contribution in [-0.4, -0.2) is 55.5 Å². The zero-order valence-corrected chi connectivity index (χ0v) is 14.8. The lowest BCUT2D eigenvalue weighted by atomic mass is 9.92. The summed E-state index contributed by atoms with van der Waals surface area (Å²) in [7, 11) is 3.92. The lowest BCUT2D eigenvalue weighted by molar-refractivity contribution is -0.136. The van der Waals surface area contributed by atoms with E-state index >= 15 is 0 Å². The average Bonchev–Trinajstić information content (AvgIpc) is 2.60. The van der Waals surface area contributed by atoms with E-state index in [0.29, 0.717) is 6.54 Å². The summed E-state index contributed by atoms with van der Waals surface area (Å²) in [5.74, 6) is 1.03. The highest BCUT2D eigenvalue weighted by Crippen LogP contribution is 2.22. The third kappa shape index (κ3) is 5.33. The van der Waals surface area contributed by atoms with Crippen molar-refractivity contribution >= 4 is 5.91 Å². The molecule has 0 spiro atoms. The molecule has 23 heavy (non-hydrogen) atoms. The van der Waals surface area contributed by atoms with Crippen LogP contribution in [-0.2, 0) is 11.3 Å². The molecule has 4 nitrogen and oxygen atoms in total. The molecule has 2 rings (SSSR count). The van der Waals surface area contributed by atoms with Crippen LogP contribution >= 0.6 is 0 Å². The molecule has 1 atom stereocenters. The van der Waals surface area contributed by atoms with Crippen LogP contribution in [0.4, 0.5) is 0 Å². The zero-order valence-electron chi connectivity index (χ0n) is 14.8. The summed E-state index contributed by atoms with van der Waals surface area (Å²) in [4.78, 5) is 16.9. The molecule has 1 aliphatic rings. The molecule has 0 aromatic heterocycles. The Morgan fingerprint density at radius 1 is 1.30 bits per heavy atom. The van der Waals surface area contributed by atoms with Gasteiger partial charge in [0.25, 0.3) is 0 Å². The molecule has 1 heterocycles. The third-order valence-electron chi connectivity index (χ3n) is 5.00. The number of hydrogen-bond donors (Lipinski definition) is 1. The van der Waals surface area contributed by atoms with E-state index in [1.165, 1.54) is 24.8 Å². The molecule has 1 N–H and O–H groups in total. The van der Waals surface area contributed by atoms with Gasteiger partial charge in [-0.1, -0.05) is 30.3 Å². The molecular weight excluding hydrogens is 286 g/mol. The number of nitrogens with one attached hydrogen (secondary N) is 1. The first-order valence-electron chi connectivity index (χ1n) is 8.79. The Bertz CT molecular complexity index is 469. The number of carbonyl (C=O) groups excluding carboxylic acids is 1. The Balaban J connectivity index is 1.80. The minimum Gasteiger partial charge on any atom is -0.340 e. The van der Waals surface area contributed by atoms with Gasteiger partial charge in [-0.05, 0) is 64.3 Å². The lowest BCUT2D eigenvalue weighted by Gasteiger charge is -2.36. The van der Waals surface area contributed by atoms with Gasteiger partial charge in [0.2, 0.25) is 5.91 Å². The average molecular weight is 317 g/mol. The third-order valence-corrected chi connectivity index (χ3v) is 5.00. The second-order valence-electron chi connectivity index (χ2n) is 6.73. The molecule has 0 saturated carbocycles. The number of likely N-dealkylation sites (tertiary alicyclic amines) is 1. The van der Waals surface area contributed by atoms with E-state index < -0.39 is 0 Å². The largest absolute Gasteiger partial charge is 0.340 e. The van der Waals surface area contributed by atoms with Gasteiger partial charge in [-0.15, -0.1) is 0 Å². The van der Waals surface area contributed by atoms with Crippen molar-refractivity contribution in [2.75, 3.05) is 33.7 Å². The second-order valence-corrected chi connectivity index (χ2v) is 6.73. The molecule has 1 aliphatic heterocycles. The summed E-state index contributed by atoms with van der Waals surface area (Å²) in [5, 5.41) is 3.23. The van der Waals surface area contributed by atoms with Crippen molar-refractivity contribution in [3.8, 4) is 0 Å². The highest BCUT2D eigenvalue weighted by Gasteiger charge is 2.28. The normalized spacial score (nSPS) is 17.9. The van der Waals surface area contributed by atoms with Crippen molar-refractivity contribution in [3.63, 3.8) is 0 Å². The standard InChI is InChI=1S/C19H31N3O/c1-16(22-13-10-17(11-14-22)9-12-20-2)19(23)21(3)15-18-7-5-4-6-8-18/h4-8,16-17,20H,9-15H2,1-3H3. The van der Waals surface area contributed by atoms with Crippen LogP contribution in [0, 0.1) is 5.92 Å². The van der Waals surface area contributed by atoms with Crippen molar-refractivity contribution in [1.29, 1.82) is 0 Å². The van der Waals surface area contributed by atoms with Gasteiger partial charge in [0.05, 0.1) is 6.04 Å². The zero-order chi connectivity index (χ0) is 16.7. The SMILES string of the molecule is CNCCC1CCN(C(C)C(=O)N(C)Cc2ccccc2)CC1. The number of hydrogen-bond acceptors (Lipinski definition) is 3. The lowest BCUT2D eigenvalue weighted by Crippen LogP contribution is -2.48. The van der Waals surface area contributed by atoms with E-state index in [1.807, 2.05) is 37.2 Å². The highest BCUT2D eigenvalue weighted by atomic mass is 16.2. The Kier molecular flexibility index (Phi) is 7.06. The molecule has 1 amide bonds. The fourth-order valence-corrected chi connectivity index (χ4v) is 3.39. The van der Waals surface area contributed by atoms with Crippen molar-refractivity contribution in [2.24, 2.45) is 5.92 Å². The van der Waals surface area contributed by atoms with Gasteiger partial charge in [-0.25, -0.2) is 0 Å². The number of carbonyl (C=O) groups is 1. The van der Waals surface area contributed by atoms with Crippen LogP contribution in [0.15, 0.2) is 30.3 Å². The Labute approximate surface area is 140 Å². The van der Waals surface area contributed by atoms with Gasteiger partial charge in [0, 0.05) is 13.6 Å². The maximum absolute atomic E-state index is 12.7. The fourth-order valence-electron chi connectivity index (χ4n) is 3.39. The van der Waals surface area contributed by atoms with E-state index in [9.17, 15) is 4.79 Å². The molecular formula is C19H31N3O. The summed E-state index contributed by atoms with van der Waals surface area (Å²) in [6.45, 7) is 5.92. The van der Waals surface area contributed by atoms with Gasteiger partial charge in [0.15, 0.2) is 0 Å². The summed E-state index contributed by atoms with van der Waals surface area (Å²) in [6.07, 6.45) is 3.67. The maximum atomic E-state index is 12.7. The first kappa shape index (κ1) is 18.0. The topological polar surface area (TPSA) is 35.6 Å². The number of piperidine rings is 1. The maximum Gasteiger partial charge on any atom is 0.239 e. The van der Waals surface area contributed by atoms with Gasteiger partial charge < -0.3 is 10.2 Å².